The van der Waals surface area contributed by atoms with Gasteiger partial charge in [0.15, 0.2) is 0 Å². The van der Waals surface area contributed by atoms with Gasteiger partial charge in [0, 0.05) is 25.3 Å². The van der Waals surface area contributed by atoms with Gasteiger partial charge < -0.3 is 14.7 Å². The van der Waals surface area contributed by atoms with E-state index in [1.54, 1.807) is 0 Å². The van der Waals surface area contributed by atoms with Crippen molar-refractivity contribution in [3.05, 3.63) is 0 Å². The number of unbranched alkanes of at least 4 members (excludes halogenated alkanes) is 5. The standard InChI is InChI=1S/C21H39NO4/c1-16(2)20(24)11-9-7-5-6-8-10-12-21(25)22-14-19(23)13-18(22)15-26-17(3)4/h16-19,23H,5-15H2,1-4H3/t18-,19-/m0/s1. The highest BCUT2D eigenvalue weighted by Gasteiger charge is 2.34. The van der Waals surface area contributed by atoms with Crippen molar-refractivity contribution in [3.8, 4) is 0 Å². The second kappa shape index (κ2) is 12.4. The fraction of sp³-hybridized carbons (Fsp3) is 0.905. The van der Waals surface area contributed by atoms with Crippen molar-refractivity contribution < 1.29 is 19.4 Å². The quantitative estimate of drug-likeness (QED) is 0.503. The van der Waals surface area contributed by atoms with Gasteiger partial charge in [0.1, 0.15) is 5.78 Å². The van der Waals surface area contributed by atoms with E-state index in [0.717, 1.165) is 38.5 Å². The first-order chi connectivity index (χ1) is 12.3. The number of rotatable bonds is 13. The molecule has 0 spiro atoms. The Hall–Kier alpha value is -0.940. The molecular weight excluding hydrogens is 330 g/mol. The van der Waals surface area contributed by atoms with E-state index in [2.05, 4.69) is 0 Å². The van der Waals surface area contributed by atoms with Crippen molar-refractivity contribution in [2.24, 2.45) is 5.92 Å². The minimum atomic E-state index is -0.423. The number of β-amino-alcohol motifs (C(OH)–C–C–N with tert-alkyl or cyclic N) is 1. The number of amides is 1. The summed E-state index contributed by atoms with van der Waals surface area (Å²) in [4.78, 5) is 25.8. The Labute approximate surface area is 159 Å². The van der Waals surface area contributed by atoms with Crippen LogP contribution < -0.4 is 0 Å². The van der Waals surface area contributed by atoms with Crippen LogP contribution in [0.25, 0.3) is 0 Å². The van der Waals surface area contributed by atoms with E-state index in [9.17, 15) is 14.7 Å². The summed E-state index contributed by atoms with van der Waals surface area (Å²) in [7, 11) is 0. The lowest BCUT2D eigenvalue weighted by Crippen LogP contribution is -2.39. The highest BCUT2D eigenvalue weighted by molar-refractivity contribution is 5.80. The molecule has 0 radical (unpaired) electrons. The predicted molar refractivity (Wildman–Crippen MR) is 104 cm³/mol. The highest BCUT2D eigenvalue weighted by atomic mass is 16.5. The largest absolute Gasteiger partial charge is 0.391 e. The van der Waals surface area contributed by atoms with Gasteiger partial charge in [-0.3, -0.25) is 9.59 Å². The van der Waals surface area contributed by atoms with Gasteiger partial charge in [-0.1, -0.05) is 39.5 Å². The zero-order chi connectivity index (χ0) is 19.5. The van der Waals surface area contributed by atoms with Gasteiger partial charge in [0.05, 0.1) is 24.9 Å². The van der Waals surface area contributed by atoms with Crippen LogP contribution in [-0.4, -0.2) is 53.1 Å². The second-order valence-electron chi connectivity index (χ2n) is 8.21. The molecule has 0 saturated carbocycles. The van der Waals surface area contributed by atoms with Crippen LogP contribution in [-0.2, 0) is 14.3 Å². The van der Waals surface area contributed by atoms with E-state index >= 15 is 0 Å². The third-order valence-electron chi connectivity index (χ3n) is 5.04. The molecule has 0 unspecified atom stereocenters. The SMILES string of the molecule is CC(C)OC[C@@H]1C[C@H](O)CN1C(=O)CCCCCCCCC(=O)C(C)C. The van der Waals surface area contributed by atoms with Crippen molar-refractivity contribution in [2.45, 2.75) is 104 Å². The van der Waals surface area contributed by atoms with Crippen molar-refractivity contribution >= 4 is 11.7 Å². The van der Waals surface area contributed by atoms with Crippen molar-refractivity contribution in [3.63, 3.8) is 0 Å². The number of Topliss-reactive ketones (excluding diaryl/α,β-unsaturated/α-hetero) is 1. The van der Waals surface area contributed by atoms with Crippen LogP contribution >= 0.6 is 0 Å². The summed E-state index contributed by atoms with van der Waals surface area (Å²) >= 11 is 0. The summed E-state index contributed by atoms with van der Waals surface area (Å²) in [6, 6.07) is 0.0124. The van der Waals surface area contributed by atoms with Crippen LogP contribution in [0, 0.1) is 5.92 Å². The molecule has 1 amide bonds. The van der Waals surface area contributed by atoms with E-state index in [1.807, 2.05) is 32.6 Å². The lowest BCUT2D eigenvalue weighted by molar-refractivity contribution is -0.133. The molecule has 1 aliphatic rings. The smallest absolute Gasteiger partial charge is 0.222 e. The first-order valence-electron chi connectivity index (χ1n) is 10.4. The minimum absolute atomic E-state index is 0.0124. The molecule has 1 saturated heterocycles. The van der Waals surface area contributed by atoms with E-state index in [0.29, 0.717) is 38.2 Å². The molecule has 26 heavy (non-hydrogen) atoms. The molecule has 0 bridgehead atoms. The number of ketones is 1. The van der Waals surface area contributed by atoms with Gasteiger partial charge in [-0.15, -0.1) is 0 Å². The van der Waals surface area contributed by atoms with Gasteiger partial charge >= 0.3 is 0 Å². The second-order valence-corrected chi connectivity index (χ2v) is 8.21. The number of carbonyl (C=O) groups excluding carboxylic acids is 2. The summed E-state index contributed by atoms with van der Waals surface area (Å²) in [6.07, 6.45) is 7.87. The zero-order valence-electron chi connectivity index (χ0n) is 17.2. The molecule has 152 valence electrons. The lowest BCUT2D eigenvalue weighted by atomic mass is 10.0. The van der Waals surface area contributed by atoms with Crippen molar-refractivity contribution in [1.82, 2.24) is 4.90 Å². The minimum Gasteiger partial charge on any atom is -0.391 e. The summed E-state index contributed by atoms with van der Waals surface area (Å²) < 4.78 is 5.64. The van der Waals surface area contributed by atoms with E-state index in [4.69, 9.17) is 4.74 Å². The molecule has 1 aliphatic heterocycles. The number of carbonyl (C=O) groups is 2. The molecule has 2 atom stereocenters. The van der Waals surface area contributed by atoms with Gasteiger partial charge in [0.2, 0.25) is 5.91 Å². The maximum Gasteiger partial charge on any atom is 0.222 e. The summed E-state index contributed by atoms with van der Waals surface area (Å²) in [5.74, 6) is 0.653. The Bertz CT molecular complexity index is 422. The fourth-order valence-electron chi connectivity index (χ4n) is 3.37. The molecule has 1 N–H and O–H groups in total. The van der Waals surface area contributed by atoms with Crippen LogP contribution in [0.15, 0.2) is 0 Å². The summed E-state index contributed by atoms with van der Waals surface area (Å²) in [5.41, 5.74) is 0. The first-order valence-corrected chi connectivity index (χ1v) is 10.4. The Balaban J connectivity index is 2.12. The average Bonchev–Trinajstić information content (AvgIpc) is 2.95. The maximum atomic E-state index is 12.4. The number of nitrogens with zero attached hydrogens (tertiary/aromatic N) is 1. The van der Waals surface area contributed by atoms with E-state index in [1.165, 1.54) is 0 Å². The molecule has 1 fully saturated rings. The Morgan fingerprint density at radius 1 is 1.00 bits per heavy atom. The molecule has 5 heteroatoms. The van der Waals surface area contributed by atoms with Crippen molar-refractivity contribution in [2.75, 3.05) is 13.2 Å². The van der Waals surface area contributed by atoms with Gasteiger partial charge in [-0.05, 0) is 33.1 Å². The number of hydrogen-bond acceptors (Lipinski definition) is 4. The summed E-state index contributed by atoms with van der Waals surface area (Å²) in [6.45, 7) is 8.83. The van der Waals surface area contributed by atoms with E-state index in [-0.39, 0.29) is 24.0 Å². The summed E-state index contributed by atoms with van der Waals surface area (Å²) in [5, 5.41) is 9.88. The number of hydrogen-bond donors (Lipinski definition) is 1. The van der Waals surface area contributed by atoms with E-state index < -0.39 is 6.10 Å². The highest BCUT2D eigenvalue weighted by Crippen LogP contribution is 2.21. The van der Waals surface area contributed by atoms with Gasteiger partial charge in [-0.2, -0.15) is 0 Å². The molecule has 0 aromatic rings. The normalized spacial score (nSPS) is 20.3. The zero-order valence-corrected chi connectivity index (χ0v) is 17.2. The molecule has 5 nitrogen and oxygen atoms in total. The molecule has 1 rings (SSSR count). The molecule has 1 heterocycles. The topological polar surface area (TPSA) is 66.8 Å². The Morgan fingerprint density at radius 3 is 2.15 bits per heavy atom. The molecule has 0 aromatic heterocycles. The van der Waals surface area contributed by atoms with Gasteiger partial charge in [0.25, 0.3) is 0 Å². The number of aliphatic hydroxyl groups excluding tert-OH is 1. The fourth-order valence-corrected chi connectivity index (χ4v) is 3.37. The predicted octanol–water partition coefficient (Wildman–Crippen LogP) is 3.72. The van der Waals surface area contributed by atoms with Crippen molar-refractivity contribution in [1.29, 1.82) is 0 Å². The van der Waals surface area contributed by atoms with Crippen LogP contribution in [0.5, 0.6) is 0 Å². The molecular formula is C21H39NO4. The Morgan fingerprint density at radius 2 is 1.58 bits per heavy atom. The lowest BCUT2D eigenvalue weighted by Gasteiger charge is -2.25. The first kappa shape index (κ1) is 23.1. The number of aliphatic hydroxyl groups is 1. The molecule has 0 aliphatic carbocycles. The van der Waals surface area contributed by atoms with Crippen LogP contribution in [0.4, 0.5) is 0 Å². The number of ether oxygens (including phenoxy) is 1. The molecule has 0 aromatic carbocycles. The monoisotopic (exact) mass is 369 g/mol. The maximum absolute atomic E-state index is 12.4. The number of likely N-dealkylation sites (tertiary alicyclic amines) is 1. The Kier molecular flexibility index (Phi) is 11.1. The van der Waals surface area contributed by atoms with Crippen LogP contribution in [0.1, 0.15) is 85.5 Å². The third kappa shape index (κ3) is 9.13. The average molecular weight is 370 g/mol. The van der Waals surface area contributed by atoms with Crippen LogP contribution in [0.3, 0.4) is 0 Å². The third-order valence-corrected chi connectivity index (χ3v) is 5.04. The van der Waals surface area contributed by atoms with Crippen LogP contribution in [0.2, 0.25) is 0 Å². The van der Waals surface area contributed by atoms with Gasteiger partial charge in [-0.25, -0.2) is 0 Å².